The van der Waals surface area contributed by atoms with E-state index in [0.717, 1.165) is 12.1 Å². The van der Waals surface area contributed by atoms with Gasteiger partial charge in [-0.2, -0.15) is 13.2 Å². The molecule has 2 aromatic rings. The molecule has 4 nitrogen and oxygen atoms in total. The van der Waals surface area contributed by atoms with E-state index in [9.17, 15) is 27.9 Å². The average Bonchev–Trinajstić information content (AvgIpc) is 2.45. The van der Waals surface area contributed by atoms with Gasteiger partial charge in [-0.15, -0.1) is 0 Å². The first-order valence-corrected chi connectivity index (χ1v) is 6.82. The lowest BCUT2D eigenvalue weighted by molar-refractivity contribution is -0.137. The Hall–Kier alpha value is -2.57. The number of rotatable bonds is 3. The van der Waals surface area contributed by atoms with Gasteiger partial charge in [0.2, 0.25) is 0 Å². The van der Waals surface area contributed by atoms with Crippen LogP contribution in [0.1, 0.15) is 28.5 Å². The lowest BCUT2D eigenvalue weighted by Crippen LogP contribution is -2.22. The van der Waals surface area contributed by atoms with Crippen LogP contribution in [0.15, 0.2) is 35.1 Å². The molecular weight excluding hydrogens is 311 g/mol. The van der Waals surface area contributed by atoms with E-state index >= 15 is 0 Å². The molecule has 0 atom stereocenters. The van der Waals surface area contributed by atoms with Gasteiger partial charge in [-0.25, -0.2) is 4.79 Å². The van der Waals surface area contributed by atoms with Gasteiger partial charge in [0.15, 0.2) is 5.43 Å². The van der Waals surface area contributed by atoms with Gasteiger partial charge < -0.3 is 9.67 Å². The predicted molar refractivity (Wildman–Crippen MR) is 78.5 cm³/mol. The molecule has 1 heterocycles. The third-order valence-electron chi connectivity index (χ3n) is 3.53. The van der Waals surface area contributed by atoms with Crippen LogP contribution in [0, 0.1) is 6.92 Å². The molecule has 0 bridgehead atoms. The minimum atomic E-state index is -4.48. The number of carboxylic acids is 1. The fourth-order valence-electron chi connectivity index (χ4n) is 2.50. The summed E-state index contributed by atoms with van der Waals surface area (Å²) in [5, 5.41) is 9.31. The summed E-state index contributed by atoms with van der Waals surface area (Å²) in [5.74, 6) is -1.41. The zero-order valence-corrected chi connectivity index (χ0v) is 12.4. The minimum absolute atomic E-state index is 0.110. The van der Waals surface area contributed by atoms with Crippen molar-refractivity contribution in [2.24, 2.45) is 0 Å². The number of aryl methyl sites for hydroxylation is 1. The number of alkyl halides is 3. The van der Waals surface area contributed by atoms with Gasteiger partial charge in [0.1, 0.15) is 5.56 Å². The fourth-order valence-corrected chi connectivity index (χ4v) is 2.50. The first-order valence-electron chi connectivity index (χ1n) is 6.82. The van der Waals surface area contributed by atoms with E-state index in [0.29, 0.717) is 12.2 Å². The van der Waals surface area contributed by atoms with E-state index in [1.807, 2.05) is 0 Å². The SMILES string of the molecule is CCn1c(C)cc(=O)c(C(=O)O)c1-c1ccc(C(F)(F)F)cc1. The lowest BCUT2D eigenvalue weighted by Gasteiger charge is -2.18. The number of aromatic carboxylic acids is 1. The quantitative estimate of drug-likeness (QED) is 0.938. The molecule has 0 fully saturated rings. The van der Waals surface area contributed by atoms with Crippen LogP contribution in [0.4, 0.5) is 13.2 Å². The second kappa shape index (κ2) is 5.91. The number of carbonyl (C=O) groups is 1. The Labute approximate surface area is 129 Å². The maximum absolute atomic E-state index is 12.7. The van der Waals surface area contributed by atoms with Crippen molar-refractivity contribution in [1.29, 1.82) is 0 Å². The van der Waals surface area contributed by atoms with Crippen molar-refractivity contribution < 1.29 is 23.1 Å². The minimum Gasteiger partial charge on any atom is -0.477 e. The highest BCUT2D eigenvalue weighted by molar-refractivity contribution is 5.95. The molecule has 0 saturated carbocycles. The lowest BCUT2D eigenvalue weighted by atomic mass is 10.0. The molecule has 0 aliphatic rings. The Morgan fingerprint density at radius 1 is 1.22 bits per heavy atom. The van der Waals surface area contributed by atoms with Crippen molar-refractivity contribution in [1.82, 2.24) is 4.57 Å². The van der Waals surface area contributed by atoms with Gasteiger partial charge in [0, 0.05) is 18.3 Å². The Kier molecular flexibility index (Phi) is 4.31. The number of carboxylic acid groups (broad SMARTS) is 1. The second-order valence-electron chi connectivity index (χ2n) is 5.00. The third kappa shape index (κ3) is 3.13. The number of halogens is 3. The number of aromatic nitrogens is 1. The van der Waals surface area contributed by atoms with Crippen molar-refractivity contribution >= 4 is 5.97 Å². The Morgan fingerprint density at radius 3 is 2.22 bits per heavy atom. The highest BCUT2D eigenvalue weighted by Crippen LogP contribution is 2.31. The molecule has 122 valence electrons. The topological polar surface area (TPSA) is 59.3 Å². The van der Waals surface area contributed by atoms with Crippen LogP contribution < -0.4 is 5.43 Å². The normalized spacial score (nSPS) is 11.5. The number of nitrogens with zero attached hydrogens (tertiary/aromatic N) is 1. The fraction of sp³-hybridized carbons (Fsp3) is 0.250. The molecule has 0 amide bonds. The molecule has 23 heavy (non-hydrogen) atoms. The van der Waals surface area contributed by atoms with Gasteiger partial charge >= 0.3 is 12.1 Å². The summed E-state index contributed by atoms with van der Waals surface area (Å²) in [7, 11) is 0. The summed E-state index contributed by atoms with van der Waals surface area (Å²) < 4.78 is 39.6. The van der Waals surface area contributed by atoms with Crippen LogP contribution in [-0.2, 0) is 12.7 Å². The zero-order valence-electron chi connectivity index (χ0n) is 12.4. The first-order chi connectivity index (χ1) is 10.7. The summed E-state index contributed by atoms with van der Waals surface area (Å²) in [4.78, 5) is 23.4. The van der Waals surface area contributed by atoms with Crippen LogP contribution in [0.5, 0.6) is 0 Å². The maximum atomic E-state index is 12.7. The molecule has 7 heteroatoms. The molecule has 0 aliphatic carbocycles. The number of hydrogen-bond donors (Lipinski definition) is 1. The number of benzene rings is 1. The highest BCUT2D eigenvalue weighted by atomic mass is 19.4. The molecule has 2 rings (SSSR count). The summed E-state index contributed by atoms with van der Waals surface area (Å²) in [6, 6.07) is 5.30. The van der Waals surface area contributed by atoms with E-state index < -0.39 is 28.7 Å². The second-order valence-corrected chi connectivity index (χ2v) is 5.00. The number of hydrogen-bond acceptors (Lipinski definition) is 2. The van der Waals surface area contributed by atoms with E-state index in [4.69, 9.17) is 0 Å². The molecule has 0 aliphatic heterocycles. The smallest absolute Gasteiger partial charge is 0.416 e. The molecule has 1 aromatic carbocycles. The van der Waals surface area contributed by atoms with Crippen molar-refractivity contribution in [3.8, 4) is 11.3 Å². The van der Waals surface area contributed by atoms with Crippen LogP contribution in [0.25, 0.3) is 11.3 Å². The van der Waals surface area contributed by atoms with Crippen molar-refractivity contribution in [2.45, 2.75) is 26.6 Å². The van der Waals surface area contributed by atoms with Crippen molar-refractivity contribution in [3.05, 3.63) is 57.4 Å². The average molecular weight is 325 g/mol. The number of pyridine rings is 1. The summed E-state index contributed by atoms with van der Waals surface area (Å²) in [6.07, 6.45) is -4.48. The van der Waals surface area contributed by atoms with Gasteiger partial charge in [-0.05, 0) is 31.5 Å². The molecule has 0 radical (unpaired) electrons. The molecule has 0 saturated heterocycles. The van der Waals surface area contributed by atoms with E-state index in [-0.39, 0.29) is 11.3 Å². The summed E-state index contributed by atoms with van der Waals surface area (Å²) >= 11 is 0. The van der Waals surface area contributed by atoms with Gasteiger partial charge in [0.25, 0.3) is 0 Å². The van der Waals surface area contributed by atoms with Gasteiger partial charge in [-0.1, -0.05) is 12.1 Å². The van der Waals surface area contributed by atoms with Crippen LogP contribution in [0.2, 0.25) is 0 Å². The van der Waals surface area contributed by atoms with Crippen molar-refractivity contribution in [2.75, 3.05) is 0 Å². The Morgan fingerprint density at radius 2 is 1.78 bits per heavy atom. The van der Waals surface area contributed by atoms with Gasteiger partial charge in [0.05, 0.1) is 11.3 Å². The first kappa shape index (κ1) is 16.8. The van der Waals surface area contributed by atoms with Crippen LogP contribution >= 0.6 is 0 Å². The van der Waals surface area contributed by atoms with Crippen molar-refractivity contribution in [3.63, 3.8) is 0 Å². The van der Waals surface area contributed by atoms with E-state index in [2.05, 4.69) is 0 Å². The molecular formula is C16H14F3NO3. The molecule has 1 aromatic heterocycles. The predicted octanol–water partition coefficient (Wildman–Crippen LogP) is 3.56. The zero-order chi connectivity index (χ0) is 17.4. The van der Waals surface area contributed by atoms with E-state index in [1.165, 1.54) is 18.2 Å². The molecule has 0 spiro atoms. The Balaban J connectivity index is 2.76. The molecule has 1 N–H and O–H groups in total. The maximum Gasteiger partial charge on any atom is 0.416 e. The van der Waals surface area contributed by atoms with Crippen LogP contribution in [-0.4, -0.2) is 15.6 Å². The summed E-state index contributed by atoms with van der Waals surface area (Å²) in [5.41, 5.74) is -1.06. The monoisotopic (exact) mass is 325 g/mol. The van der Waals surface area contributed by atoms with Crippen LogP contribution in [0.3, 0.4) is 0 Å². The largest absolute Gasteiger partial charge is 0.477 e. The molecule has 0 unspecified atom stereocenters. The standard InChI is InChI=1S/C16H14F3NO3/c1-3-20-9(2)8-12(21)13(15(22)23)14(20)10-4-6-11(7-5-10)16(17,18)19/h4-8H,3H2,1-2H3,(H,22,23). The summed E-state index contributed by atoms with van der Waals surface area (Å²) in [6.45, 7) is 3.78. The highest BCUT2D eigenvalue weighted by Gasteiger charge is 2.30. The third-order valence-corrected chi connectivity index (χ3v) is 3.53. The van der Waals surface area contributed by atoms with E-state index in [1.54, 1.807) is 18.4 Å². The Bertz CT molecular complexity index is 805. The van der Waals surface area contributed by atoms with Gasteiger partial charge in [-0.3, -0.25) is 4.79 Å².